The molecule has 0 saturated heterocycles. The molecule has 0 saturated carbocycles. The maximum atomic E-state index is 13.2. The maximum Gasteiger partial charge on any atom is 0.338 e. The third kappa shape index (κ3) is 5.18. The number of allylic oxidation sites excluding steroid dienone is 1. The molecule has 2 aromatic rings. The fraction of sp³-hybridized carbons (Fsp3) is 0.522. The zero-order valence-electron chi connectivity index (χ0n) is 18.8. The number of esters is 1. The van der Waals surface area contributed by atoms with Crippen LogP contribution in [-0.4, -0.2) is 41.6 Å². The highest BCUT2D eigenvalue weighted by Crippen LogP contribution is 2.40. The minimum Gasteiger partial charge on any atom is -0.497 e. The zero-order chi connectivity index (χ0) is 22.2. The van der Waals surface area contributed by atoms with Gasteiger partial charge in [0, 0.05) is 11.3 Å². The van der Waals surface area contributed by atoms with Crippen molar-refractivity contribution in [3.05, 3.63) is 41.4 Å². The number of nitrogens with one attached hydrogen (secondary N) is 1. The van der Waals surface area contributed by atoms with Gasteiger partial charge in [0.25, 0.3) is 0 Å². The van der Waals surface area contributed by atoms with Crippen molar-refractivity contribution in [2.24, 2.45) is 0 Å². The molecule has 0 spiro atoms. The van der Waals surface area contributed by atoms with Gasteiger partial charge >= 0.3 is 5.97 Å². The topological polar surface area (TPSA) is 87.5 Å². The van der Waals surface area contributed by atoms with Gasteiger partial charge in [-0.15, -0.1) is 0 Å². The number of fused-ring (bicyclic) bond motifs is 1. The van der Waals surface area contributed by atoms with Gasteiger partial charge in [0.15, 0.2) is 0 Å². The molecule has 1 N–H and O–H groups in total. The molecule has 0 fully saturated rings. The number of rotatable bonds is 11. The van der Waals surface area contributed by atoms with Gasteiger partial charge < -0.3 is 19.5 Å². The Bertz CT molecular complexity index is 922. The van der Waals surface area contributed by atoms with Crippen LogP contribution >= 0.6 is 0 Å². The maximum absolute atomic E-state index is 13.2. The Hall–Kier alpha value is -3.03. The fourth-order valence-electron chi connectivity index (χ4n) is 3.82. The molecule has 1 unspecified atom stereocenters. The molecule has 31 heavy (non-hydrogen) atoms. The molecular weight excluding hydrogens is 396 g/mol. The number of nitrogens with zero attached hydrogens (tertiary/aromatic N) is 3. The number of anilines is 1. The van der Waals surface area contributed by atoms with E-state index in [1.165, 1.54) is 32.0 Å². The highest BCUT2D eigenvalue weighted by atomic mass is 16.5. The average Bonchev–Trinajstić information content (AvgIpc) is 3.24. The standard InChI is InChI=1S/C23H32N4O4/c1-5-6-7-8-9-10-13-31-22(28)20-16(2)26-23-24-15-25-27(23)21(20)18-14-17(29-3)11-12-19(18)30-4/h11-12,14-15,21H,5-10,13H2,1-4H3,(H,24,25,26). The summed E-state index contributed by atoms with van der Waals surface area (Å²) in [5, 5.41) is 7.51. The molecule has 8 heteroatoms. The predicted octanol–water partition coefficient (Wildman–Crippen LogP) is 4.49. The van der Waals surface area contributed by atoms with Gasteiger partial charge in [0.2, 0.25) is 5.95 Å². The van der Waals surface area contributed by atoms with Crippen molar-refractivity contribution >= 4 is 11.9 Å². The van der Waals surface area contributed by atoms with Crippen molar-refractivity contribution in [2.45, 2.75) is 58.4 Å². The number of benzene rings is 1. The van der Waals surface area contributed by atoms with E-state index in [1.54, 1.807) is 18.9 Å². The number of hydrogen-bond donors (Lipinski definition) is 1. The Kier molecular flexibility index (Phi) is 7.92. The Labute approximate surface area is 183 Å². The summed E-state index contributed by atoms with van der Waals surface area (Å²) in [6.07, 6.45) is 8.24. The van der Waals surface area contributed by atoms with Crippen LogP contribution in [0.15, 0.2) is 35.8 Å². The van der Waals surface area contributed by atoms with Gasteiger partial charge in [0.05, 0.1) is 26.4 Å². The summed E-state index contributed by atoms with van der Waals surface area (Å²) in [6, 6.07) is 4.95. The summed E-state index contributed by atoms with van der Waals surface area (Å²) in [4.78, 5) is 17.4. The number of methoxy groups -OCH3 is 2. The van der Waals surface area contributed by atoms with Gasteiger partial charge in [-0.3, -0.25) is 0 Å². The van der Waals surface area contributed by atoms with Crippen LogP contribution in [0.5, 0.6) is 11.5 Å². The summed E-state index contributed by atoms with van der Waals surface area (Å²) in [5.74, 6) is 1.48. The van der Waals surface area contributed by atoms with Crippen LogP contribution in [0.2, 0.25) is 0 Å². The molecule has 1 aromatic heterocycles. The molecule has 0 amide bonds. The fourth-order valence-corrected chi connectivity index (χ4v) is 3.82. The second-order valence-electron chi connectivity index (χ2n) is 7.61. The lowest BCUT2D eigenvalue weighted by Gasteiger charge is -2.29. The first-order valence-electron chi connectivity index (χ1n) is 10.9. The predicted molar refractivity (Wildman–Crippen MR) is 118 cm³/mol. The van der Waals surface area contributed by atoms with Crippen LogP contribution < -0.4 is 14.8 Å². The van der Waals surface area contributed by atoms with E-state index in [0.29, 0.717) is 35.3 Å². The van der Waals surface area contributed by atoms with E-state index in [2.05, 4.69) is 22.3 Å². The Morgan fingerprint density at radius 1 is 1.13 bits per heavy atom. The van der Waals surface area contributed by atoms with E-state index in [1.807, 2.05) is 25.1 Å². The second kappa shape index (κ2) is 10.8. The number of unbranched alkanes of at least 4 members (excludes halogenated alkanes) is 5. The number of ether oxygens (including phenoxy) is 3. The molecule has 1 aliphatic rings. The Morgan fingerprint density at radius 2 is 1.90 bits per heavy atom. The molecule has 0 aliphatic carbocycles. The highest BCUT2D eigenvalue weighted by molar-refractivity contribution is 5.92. The number of aromatic nitrogens is 3. The van der Waals surface area contributed by atoms with Crippen molar-refractivity contribution in [1.82, 2.24) is 14.8 Å². The molecular formula is C23H32N4O4. The van der Waals surface area contributed by atoms with Crippen LogP contribution in [0.4, 0.5) is 5.95 Å². The lowest BCUT2D eigenvalue weighted by Crippen LogP contribution is -2.30. The van der Waals surface area contributed by atoms with Crippen molar-refractivity contribution in [2.75, 3.05) is 26.1 Å². The Morgan fingerprint density at radius 3 is 2.65 bits per heavy atom. The smallest absolute Gasteiger partial charge is 0.338 e. The van der Waals surface area contributed by atoms with Crippen LogP contribution in [0.3, 0.4) is 0 Å². The summed E-state index contributed by atoms with van der Waals surface area (Å²) in [7, 11) is 3.20. The largest absolute Gasteiger partial charge is 0.497 e. The van der Waals surface area contributed by atoms with Crippen molar-refractivity contribution in [3.8, 4) is 11.5 Å². The lowest BCUT2D eigenvalue weighted by molar-refractivity contribution is -0.139. The first-order valence-corrected chi connectivity index (χ1v) is 10.9. The first kappa shape index (κ1) is 22.7. The van der Waals surface area contributed by atoms with Gasteiger partial charge in [-0.05, 0) is 31.5 Å². The van der Waals surface area contributed by atoms with E-state index in [0.717, 1.165) is 18.4 Å². The van der Waals surface area contributed by atoms with E-state index in [-0.39, 0.29) is 5.97 Å². The molecule has 1 aromatic carbocycles. The molecule has 3 rings (SSSR count). The molecule has 0 radical (unpaired) electrons. The van der Waals surface area contributed by atoms with E-state index < -0.39 is 6.04 Å². The van der Waals surface area contributed by atoms with Crippen LogP contribution in [-0.2, 0) is 9.53 Å². The molecule has 2 heterocycles. The summed E-state index contributed by atoms with van der Waals surface area (Å²) in [5.41, 5.74) is 1.92. The third-order valence-electron chi connectivity index (χ3n) is 5.48. The SMILES string of the molecule is CCCCCCCCOC(=O)C1=C(C)Nc2ncnn2C1c1cc(OC)ccc1OC. The molecule has 8 nitrogen and oxygen atoms in total. The van der Waals surface area contributed by atoms with Crippen molar-refractivity contribution in [1.29, 1.82) is 0 Å². The quantitative estimate of drug-likeness (QED) is 0.417. The molecule has 1 atom stereocenters. The minimum atomic E-state index is -0.541. The van der Waals surface area contributed by atoms with Crippen LogP contribution in [0.25, 0.3) is 0 Å². The van der Waals surface area contributed by atoms with Crippen molar-refractivity contribution in [3.63, 3.8) is 0 Å². The summed E-state index contributed by atoms with van der Waals surface area (Å²) in [6.45, 7) is 4.44. The highest BCUT2D eigenvalue weighted by Gasteiger charge is 2.36. The van der Waals surface area contributed by atoms with Crippen LogP contribution in [0, 0.1) is 0 Å². The Balaban J connectivity index is 1.84. The third-order valence-corrected chi connectivity index (χ3v) is 5.48. The van der Waals surface area contributed by atoms with Crippen LogP contribution in [0.1, 0.15) is 64.0 Å². The van der Waals surface area contributed by atoms with Gasteiger partial charge in [-0.25, -0.2) is 9.48 Å². The first-order chi connectivity index (χ1) is 15.1. The zero-order valence-corrected chi connectivity index (χ0v) is 18.8. The summed E-state index contributed by atoms with van der Waals surface area (Å²) < 4.78 is 18.3. The summed E-state index contributed by atoms with van der Waals surface area (Å²) >= 11 is 0. The normalized spacial score (nSPS) is 15.3. The monoisotopic (exact) mass is 428 g/mol. The second-order valence-corrected chi connectivity index (χ2v) is 7.61. The van der Waals surface area contributed by atoms with Gasteiger partial charge in [0.1, 0.15) is 23.9 Å². The van der Waals surface area contributed by atoms with E-state index in [9.17, 15) is 4.79 Å². The average molecular weight is 429 g/mol. The van der Waals surface area contributed by atoms with E-state index >= 15 is 0 Å². The molecule has 1 aliphatic heterocycles. The molecule has 168 valence electrons. The van der Waals surface area contributed by atoms with Gasteiger partial charge in [-0.2, -0.15) is 10.1 Å². The van der Waals surface area contributed by atoms with Crippen molar-refractivity contribution < 1.29 is 19.0 Å². The minimum absolute atomic E-state index is 0.366. The number of carbonyl (C=O) groups is 1. The van der Waals surface area contributed by atoms with E-state index in [4.69, 9.17) is 14.2 Å². The number of carbonyl (C=O) groups excluding carboxylic acids is 1. The number of hydrogen-bond acceptors (Lipinski definition) is 7. The lowest BCUT2D eigenvalue weighted by atomic mass is 9.94. The van der Waals surface area contributed by atoms with Gasteiger partial charge in [-0.1, -0.05) is 39.0 Å². The molecule has 0 bridgehead atoms.